The van der Waals surface area contributed by atoms with E-state index in [4.69, 9.17) is 9.47 Å². The fourth-order valence-corrected chi connectivity index (χ4v) is 3.09. The lowest BCUT2D eigenvalue weighted by atomic mass is 10.1. The minimum atomic E-state index is 0.268. The minimum Gasteiger partial charge on any atom is -0.381 e. The first-order chi connectivity index (χ1) is 10.8. The van der Waals surface area contributed by atoms with Crippen LogP contribution in [0.1, 0.15) is 30.7 Å². The van der Waals surface area contributed by atoms with Gasteiger partial charge in [-0.1, -0.05) is 6.07 Å². The highest BCUT2D eigenvalue weighted by molar-refractivity contribution is 7.10. The molecule has 2 rings (SSSR count). The Morgan fingerprint density at radius 3 is 3.18 bits per heavy atom. The van der Waals surface area contributed by atoms with Crippen molar-refractivity contribution in [2.45, 2.75) is 25.8 Å². The molecule has 0 aliphatic carbocycles. The molecule has 0 spiro atoms. The maximum Gasteiger partial charge on any atom is 0.191 e. The maximum absolute atomic E-state index is 5.69. The number of ether oxygens (including phenoxy) is 2. The van der Waals surface area contributed by atoms with Crippen molar-refractivity contribution in [2.75, 3.05) is 40.0 Å². The van der Waals surface area contributed by atoms with E-state index in [0.717, 1.165) is 51.8 Å². The van der Waals surface area contributed by atoms with E-state index in [1.165, 1.54) is 4.88 Å². The zero-order chi connectivity index (χ0) is 15.6. The number of thiophene rings is 1. The predicted molar refractivity (Wildman–Crippen MR) is 91.6 cm³/mol. The normalized spacial score (nSPS) is 20.1. The van der Waals surface area contributed by atoms with Gasteiger partial charge >= 0.3 is 0 Å². The third kappa shape index (κ3) is 5.94. The number of guanidine groups is 1. The number of hydrogen-bond acceptors (Lipinski definition) is 4. The van der Waals surface area contributed by atoms with Gasteiger partial charge in [0.25, 0.3) is 0 Å². The number of hydrogen-bond donors (Lipinski definition) is 2. The zero-order valence-electron chi connectivity index (χ0n) is 13.5. The van der Waals surface area contributed by atoms with E-state index in [0.29, 0.717) is 5.92 Å². The summed E-state index contributed by atoms with van der Waals surface area (Å²) in [5.74, 6) is 1.43. The van der Waals surface area contributed by atoms with Crippen LogP contribution >= 0.6 is 11.3 Å². The Bertz CT molecular complexity index is 431. The molecule has 22 heavy (non-hydrogen) atoms. The predicted octanol–water partition coefficient (Wildman–Crippen LogP) is 2.42. The average molecular weight is 325 g/mol. The molecular formula is C16H27N3O2S. The number of aliphatic imine (C=N–C) groups is 1. The van der Waals surface area contributed by atoms with Crippen LogP contribution in [0.2, 0.25) is 0 Å². The molecule has 1 aromatic rings. The van der Waals surface area contributed by atoms with Gasteiger partial charge in [0, 0.05) is 37.6 Å². The second kappa shape index (κ2) is 9.82. The second-order valence-corrected chi connectivity index (χ2v) is 6.52. The van der Waals surface area contributed by atoms with Gasteiger partial charge in [-0.15, -0.1) is 11.3 Å². The first-order valence-electron chi connectivity index (χ1n) is 7.95. The van der Waals surface area contributed by atoms with E-state index in [1.54, 1.807) is 18.4 Å². The number of nitrogens with one attached hydrogen (secondary N) is 2. The molecule has 5 nitrogen and oxygen atoms in total. The van der Waals surface area contributed by atoms with Crippen molar-refractivity contribution < 1.29 is 9.47 Å². The molecule has 6 heteroatoms. The molecule has 0 radical (unpaired) electrons. The van der Waals surface area contributed by atoms with Crippen LogP contribution < -0.4 is 10.6 Å². The van der Waals surface area contributed by atoms with Gasteiger partial charge in [-0.3, -0.25) is 4.99 Å². The first kappa shape index (κ1) is 17.2. The topological polar surface area (TPSA) is 54.9 Å². The quantitative estimate of drug-likeness (QED) is 0.438. The maximum atomic E-state index is 5.69. The van der Waals surface area contributed by atoms with Crippen molar-refractivity contribution in [3.05, 3.63) is 22.4 Å². The summed E-state index contributed by atoms with van der Waals surface area (Å²) in [6, 6.07) is 4.47. The van der Waals surface area contributed by atoms with E-state index >= 15 is 0 Å². The van der Waals surface area contributed by atoms with Gasteiger partial charge in [0.05, 0.1) is 19.3 Å². The lowest BCUT2D eigenvalue weighted by Crippen LogP contribution is -2.39. The summed E-state index contributed by atoms with van der Waals surface area (Å²) in [4.78, 5) is 5.57. The van der Waals surface area contributed by atoms with Crippen LogP contribution in [-0.4, -0.2) is 46.0 Å². The summed E-state index contributed by atoms with van der Waals surface area (Å²) in [5, 5.41) is 8.82. The van der Waals surface area contributed by atoms with Crippen LogP contribution in [0.3, 0.4) is 0 Å². The Morgan fingerprint density at radius 1 is 1.59 bits per heavy atom. The van der Waals surface area contributed by atoms with Crippen molar-refractivity contribution in [3.63, 3.8) is 0 Å². The molecule has 1 aliphatic rings. The molecule has 0 saturated carbocycles. The Kier molecular flexibility index (Phi) is 7.70. The summed E-state index contributed by atoms with van der Waals surface area (Å²) in [5.41, 5.74) is 0. The van der Waals surface area contributed by atoms with Crippen molar-refractivity contribution in [1.29, 1.82) is 0 Å². The standard InChI is InChI=1S/C16H27N3O2S/c1-13(15-5-3-10-22-15)19-16(17-2)18-7-4-8-20-11-14-6-9-21-12-14/h3,5,10,13-14H,4,6-9,11-12H2,1-2H3,(H2,17,18,19). The smallest absolute Gasteiger partial charge is 0.191 e. The van der Waals surface area contributed by atoms with E-state index in [-0.39, 0.29) is 6.04 Å². The highest BCUT2D eigenvalue weighted by atomic mass is 32.1. The van der Waals surface area contributed by atoms with Crippen LogP contribution in [0.4, 0.5) is 0 Å². The Labute approximate surface area is 137 Å². The van der Waals surface area contributed by atoms with Gasteiger partial charge in [-0.2, -0.15) is 0 Å². The molecule has 1 fully saturated rings. The molecule has 0 bridgehead atoms. The van der Waals surface area contributed by atoms with E-state index < -0.39 is 0 Å². The summed E-state index contributed by atoms with van der Waals surface area (Å²) in [7, 11) is 1.80. The van der Waals surface area contributed by atoms with Crippen LogP contribution in [0.5, 0.6) is 0 Å². The molecule has 1 aliphatic heterocycles. The van der Waals surface area contributed by atoms with Gasteiger partial charge in [0.1, 0.15) is 0 Å². The van der Waals surface area contributed by atoms with Crippen molar-refractivity contribution in [1.82, 2.24) is 10.6 Å². The first-order valence-corrected chi connectivity index (χ1v) is 8.83. The molecule has 0 amide bonds. The molecule has 2 unspecified atom stereocenters. The molecule has 2 N–H and O–H groups in total. The largest absolute Gasteiger partial charge is 0.381 e. The Balaban J connectivity index is 1.54. The molecule has 1 saturated heterocycles. The molecule has 1 aromatic heterocycles. The molecule has 2 atom stereocenters. The molecule has 124 valence electrons. The summed E-state index contributed by atoms with van der Waals surface area (Å²) in [6.07, 6.45) is 2.11. The van der Waals surface area contributed by atoms with E-state index in [1.807, 2.05) is 0 Å². The van der Waals surface area contributed by atoms with Gasteiger partial charge in [0.2, 0.25) is 0 Å². The fourth-order valence-electron chi connectivity index (χ4n) is 2.35. The van der Waals surface area contributed by atoms with E-state index in [2.05, 4.69) is 40.1 Å². The monoisotopic (exact) mass is 325 g/mol. The van der Waals surface area contributed by atoms with Crippen molar-refractivity contribution >= 4 is 17.3 Å². The number of rotatable bonds is 8. The zero-order valence-corrected chi connectivity index (χ0v) is 14.3. The second-order valence-electron chi connectivity index (χ2n) is 5.54. The summed E-state index contributed by atoms with van der Waals surface area (Å²) >= 11 is 1.75. The number of nitrogens with zero attached hydrogens (tertiary/aromatic N) is 1. The lowest BCUT2D eigenvalue weighted by molar-refractivity contribution is 0.0888. The SMILES string of the molecule is CN=C(NCCCOCC1CCOC1)NC(C)c1cccs1. The fraction of sp³-hybridized carbons (Fsp3) is 0.688. The lowest BCUT2D eigenvalue weighted by Gasteiger charge is -2.17. The Morgan fingerprint density at radius 2 is 2.50 bits per heavy atom. The average Bonchev–Trinajstić information content (AvgIpc) is 3.22. The van der Waals surface area contributed by atoms with Gasteiger partial charge in [0.15, 0.2) is 5.96 Å². The third-order valence-electron chi connectivity index (χ3n) is 3.68. The summed E-state index contributed by atoms with van der Waals surface area (Å²) < 4.78 is 11.0. The molecule has 2 heterocycles. The van der Waals surface area contributed by atoms with Crippen LogP contribution in [0.15, 0.2) is 22.5 Å². The molecular weight excluding hydrogens is 298 g/mol. The van der Waals surface area contributed by atoms with Crippen LogP contribution in [0, 0.1) is 5.92 Å². The van der Waals surface area contributed by atoms with Crippen LogP contribution in [-0.2, 0) is 9.47 Å². The third-order valence-corrected chi connectivity index (χ3v) is 4.74. The van der Waals surface area contributed by atoms with Crippen LogP contribution in [0.25, 0.3) is 0 Å². The van der Waals surface area contributed by atoms with E-state index in [9.17, 15) is 0 Å². The van der Waals surface area contributed by atoms with Gasteiger partial charge in [-0.25, -0.2) is 0 Å². The van der Waals surface area contributed by atoms with Crippen molar-refractivity contribution in [2.24, 2.45) is 10.9 Å². The highest BCUT2D eigenvalue weighted by Crippen LogP contribution is 2.17. The highest BCUT2D eigenvalue weighted by Gasteiger charge is 2.15. The van der Waals surface area contributed by atoms with Gasteiger partial charge in [-0.05, 0) is 31.2 Å². The van der Waals surface area contributed by atoms with Crippen molar-refractivity contribution in [3.8, 4) is 0 Å². The minimum absolute atomic E-state index is 0.268. The Hall–Kier alpha value is -1.11. The molecule has 0 aromatic carbocycles. The summed E-state index contributed by atoms with van der Waals surface area (Å²) in [6.45, 7) is 6.35. The van der Waals surface area contributed by atoms with Gasteiger partial charge < -0.3 is 20.1 Å².